The van der Waals surface area contributed by atoms with Gasteiger partial charge < -0.3 is 10.7 Å². The Morgan fingerprint density at radius 2 is 1.95 bits per heavy atom. The van der Waals surface area contributed by atoms with E-state index < -0.39 is 11.2 Å². The van der Waals surface area contributed by atoms with Gasteiger partial charge in [-0.1, -0.05) is 15.9 Å². The molecule has 5 N–H and O–H groups in total. The van der Waals surface area contributed by atoms with Gasteiger partial charge in [-0.15, -0.1) is 0 Å². The molecule has 7 nitrogen and oxygen atoms in total. The first kappa shape index (κ1) is 11.7. The van der Waals surface area contributed by atoms with Crippen molar-refractivity contribution >= 4 is 32.8 Å². The molecule has 0 aliphatic carbocycles. The van der Waals surface area contributed by atoms with Gasteiger partial charge >= 0.3 is 5.69 Å². The lowest BCUT2D eigenvalue weighted by Crippen LogP contribution is -2.21. The molecule has 0 spiro atoms. The Kier molecular flexibility index (Phi) is 2.53. The van der Waals surface area contributed by atoms with Gasteiger partial charge in [0.2, 0.25) is 0 Å². The van der Waals surface area contributed by atoms with E-state index in [1.54, 1.807) is 18.2 Å². The molecular formula is C11H8BrN5O2. The van der Waals surface area contributed by atoms with Crippen LogP contribution in [0.5, 0.6) is 0 Å². The number of nitrogens with two attached hydrogens (primary N) is 1. The minimum absolute atomic E-state index is 0.207. The summed E-state index contributed by atoms with van der Waals surface area (Å²) in [5.41, 5.74) is 6.31. The third kappa shape index (κ3) is 1.95. The number of imidazole rings is 1. The summed E-state index contributed by atoms with van der Waals surface area (Å²) in [6.45, 7) is 0. The largest absolute Gasteiger partial charge is 0.399 e. The summed E-state index contributed by atoms with van der Waals surface area (Å²) in [7, 11) is 0. The molecule has 8 heteroatoms. The second kappa shape index (κ2) is 4.09. The predicted molar refractivity (Wildman–Crippen MR) is 74.9 cm³/mol. The summed E-state index contributed by atoms with van der Waals surface area (Å²) in [6.07, 6.45) is 0. The second-order valence-electron chi connectivity index (χ2n) is 3.96. The number of benzene rings is 1. The summed E-state index contributed by atoms with van der Waals surface area (Å²) >= 11 is 3.38. The van der Waals surface area contributed by atoms with Crippen LogP contribution in [0.3, 0.4) is 0 Å². The highest BCUT2D eigenvalue weighted by atomic mass is 79.9. The van der Waals surface area contributed by atoms with Crippen LogP contribution in [0.25, 0.3) is 22.6 Å². The van der Waals surface area contributed by atoms with Crippen LogP contribution in [0.4, 0.5) is 5.69 Å². The van der Waals surface area contributed by atoms with Crippen LogP contribution in [0.1, 0.15) is 0 Å². The van der Waals surface area contributed by atoms with Crippen molar-refractivity contribution in [2.24, 2.45) is 0 Å². The van der Waals surface area contributed by atoms with Gasteiger partial charge in [-0.3, -0.25) is 14.8 Å². The summed E-state index contributed by atoms with van der Waals surface area (Å²) in [5.74, 6) is 0.446. The minimum atomic E-state index is -0.595. The maximum Gasteiger partial charge on any atom is 0.327 e. The molecule has 2 heterocycles. The smallest absolute Gasteiger partial charge is 0.327 e. The summed E-state index contributed by atoms with van der Waals surface area (Å²) in [6, 6.07) is 5.24. The monoisotopic (exact) mass is 321 g/mol. The number of nitrogens with zero attached hydrogens (tertiary/aromatic N) is 1. The van der Waals surface area contributed by atoms with Crippen LogP contribution in [0.15, 0.2) is 32.3 Å². The van der Waals surface area contributed by atoms with Gasteiger partial charge in [-0.05, 0) is 18.2 Å². The number of nitrogens with one attached hydrogen (secondary N) is 3. The molecule has 0 bridgehead atoms. The van der Waals surface area contributed by atoms with Crippen LogP contribution < -0.4 is 17.0 Å². The van der Waals surface area contributed by atoms with E-state index >= 15 is 0 Å². The fourth-order valence-electron chi connectivity index (χ4n) is 1.78. The van der Waals surface area contributed by atoms with Crippen LogP contribution >= 0.6 is 15.9 Å². The van der Waals surface area contributed by atoms with Crippen LogP contribution in [-0.4, -0.2) is 19.9 Å². The fourth-order valence-corrected chi connectivity index (χ4v) is 2.22. The third-order valence-corrected chi connectivity index (χ3v) is 3.33. The molecule has 96 valence electrons. The first-order valence-electron chi connectivity index (χ1n) is 5.32. The lowest BCUT2D eigenvalue weighted by molar-refractivity contribution is 1.07. The molecule has 19 heavy (non-hydrogen) atoms. The van der Waals surface area contributed by atoms with Crippen LogP contribution in [-0.2, 0) is 0 Å². The standard InChI is InChI=1S/C11H8BrN5O2/c12-6-2-1-4(13)3-5(6)8-14-7-9(15-8)16-11(19)17-10(7)18/h1-3H,13H2,(H3,14,15,16,17,18,19). The molecule has 3 aromatic rings. The van der Waals surface area contributed by atoms with Gasteiger partial charge in [0.05, 0.1) is 0 Å². The van der Waals surface area contributed by atoms with Crippen molar-refractivity contribution in [1.29, 1.82) is 0 Å². The SMILES string of the molecule is Nc1ccc(Br)c(-c2nc3[nH]c(=O)[nH]c(=O)c3[nH]2)c1. The van der Waals surface area contributed by atoms with E-state index in [1.165, 1.54) is 0 Å². The first-order chi connectivity index (χ1) is 9.04. The number of rotatable bonds is 1. The van der Waals surface area contributed by atoms with E-state index in [1.807, 2.05) is 0 Å². The lowest BCUT2D eigenvalue weighted by atomic mass is 10.2. The van der Waals surface area contributed by atoms with Crippen molar-refractivity contribution < 1.29 is 0 Å². The topological polar surface area (TPSA) is 120 Å². The highest BCUT2D eigenvalue weighted by molar-refractivity contribution is 9.10. The normalized spacial score (nSPS) is 11.0. The maximum absolute atomic E-state index is 11.6. The molecule has 0 aliphatic heterocycles. The average Bonchev–Trinajstić information content (AvgIpc) is 2.76. The van der Waals surface area contributed by atoms with Crippen molar-refractivity contribution in [2.75, 3.05) is 5.73 Å². The molecule has 0 unspecified atom stereocenters. The molecule has 0 amide bonds. The molecule has 0 fully saturated rings. The number of hydrogen-bond acceptors (Lipinski definition) is 4. The number of nitrogen functional groups attached to an aromatic ring is 1. The molecule has 1 aromatic carbocycles. The zero-order valence-electron chi connectivity index (χ0n) is 9.45. The number of hydrogen-bond donors (Lipinski definition) is 4. The Morgan fingerprint density at radius 3 is 2.74 bits per heavy atom. The van der Waals surface area contributed by atoms with Gasteiger partial charge in [-0.2, -0.15) is 0 Å². The van der Waals surface area contributed by atoms with Crippen molar-refractivity contribution in [2.45, 2.75) is 0 Å². The van der Waals surface area contributed by atoms with E-state index in [0.717, 1.165) is 4.47 Å². The number of H-pyrrole nitrogens is 3. The van der Waals surface area contributed by atoms with Gasteiger partial charge in [0.15, 0.2) is 5.65 Å². The zero-order chi connectivity index (χ0) is 13.6. The fraction of sp³-hybridized carbons (Fsp3) is 0. The Morgan fingerprint density at radius 1 is 1.16 bits per heavy atom. The van der Waals surface area contributed by atoms with E-state index in [0.29, 0.717) is 17.1 Å². The summed E-state index contributed by atoms with van der Waals surface area (Å²) in [5, 5.41) is 0. The van der Waals surface area contributed by atoms with E-state index in [-0.39, 0.29) is 11.2 Å². The number of halogens is 1. The van der Waals surface area contributed by atoms with Crippen molar-refractivity contribution in [3.63, 3.8) is 0 Å². The van der Waals surface area contributed by atoms with Crippen molar-refractivity contribution in [3.05, 3.63) is 43.5 Å². The second-order valence-corrected chi connectivity index (χ2v) is 4.81. The number of fused-ring (bicyclic) bond motifs is 1. The average molecular weight is 322 g/mol. The molecule has 0 saturated carbocycles. The molecule has 0 saturated heterocycles. The van der Waals surface area contributed by atoms with E-state index in [4.69, 9.17) is 5.73 Å². The quantitative estimate of drug-likeness (QED) is 0.498. The van der Waals surface area contributed by atoms with Crippen molar-refractivity contribution in [3.8, 4) is 11.4 Å². The van der Waals surface area contributed by atoms with E-state index in [9.17, 15) is 9.59 Å². The van der Waals surface area contributed by atoms with Gasteiger partial charge in [0.1, 0.15) is 11.3 Å². The first-order valence-corrected chi connectivity index (χ1v) is 6.11. The van der Waals surface area contributed by atoms with Crippen molar-refractivity contribution in [1.82, 2.24) is 19.9 Å². The predicted octanol–water partition coefficient (Wildman–Crippen LogP) is 0.951. The minimum Gasteiger partial charge on any atom is -0.399 e. The Hall–Kier alpha value is -2.35. The molecule has 0 aliphatic rings. The number of anilines is 1. The Balaban J connectivity index is 2.32. The molecule has 3 rings (SSSR count). The Labute approximate surface area is 114 Å². The van der Waals surface area contributed by atoms with Crippen LogP contribution in [0.2, 0.25) is 0 Å². The zero-order valence-corrected chi connectivity index (χ0v) is 11.0. The maximum atomic E-state index is 11.6. The van der Waals surface area contributed by atoms with Gasteiger partial charge in [-0.25, -0.2) is 9.78 Å². The van der Waals surface area contributed by atoms with Crippen LogP contribution in [0, 0.1) is 0 Å². The molecular weight excluding hydrogens is 314 g/mol. The molecule has 0 radical (unpaired) electrons. The number of aromatic nitrogens is 4. The summed E-state index contributed by atoms with van der Waals surface area (Å²) < 4.78 is 0.777. The van der Waals surface area contributed by atoms with Gasteiger partial charge in [0, 0.05) is 15.7 Å². The molecule has 0 atom stereocenters. The highest BCUT2D eigenvalue weighted by Crippen LogP contribution is 2.28. The lowest BCUT2D eigenvalue weighted by Gasteiger charge is -2.01. The Bertz CT molecular complexity index is 892. The summed E-state index contributed by atoms with van der Waals surface area (Å²) in [4.78, 5) is 34.4. The third-order valence-electron chi connectivity index (χ3n) is 2.64. The highest BCUT2D eigenvalue weighted by Gasteiger charge is 2.11. The molecule has 2 aromatic heterocycles. The van der Waals surface area contributed by atoms with Gasteiger partial charge in [0.25, 0.3) is 5.56 Å². The number of aromatic amines is 3. The van der Waals surface area contributed by atoms with E-state index in [2.05, 4.69) is 35.9 Å².